The molecule has 0 atom stereocenters. The minimum atomic E-state index is -1.50. The summed E-state index contributed by atoms with van der Waals surface area (Å²) >= 11 is 2.22. The molecule has 0 unspecified atom stereocenters. The monoisotopic (exact) mass is 625 g/mol. The van der Waals surface area contributed by atoms with Crippen LogP contribution in [-0.2, 0) is 22.7 Å². The zero-order chi connectivity index (χ0) is 25.2. The van der Waals surface area contributed by atoms with Crippen molar-refractivity contribution in [2.24, 2.45) is 0 Å². The molecular weight excluding hydrogens is 593 g/mol. The number of hydrogen-bond acceptors (Lipinski definition) is 5. The molecule has 6 rings (SSSR count). The summed E-state index contributed by atoms with van der Waals surface area (Å²) in [5.74, 6) is 0. The average Bonchev–Trinajstić information content (AvgIpc) is 3.31. The first-order valence-electron chi connectivity index (χ1n) is 11.9. The third kappa shape index (κ3) is 5.19. The number of hydrogen-bond donors (Lipinski definition) is 0. The van der Waals surface area contributed by atoms with E-state index in [-0.39, 0.29) is 7.43 Å². The summed E-state index contributed by atoms with van der Waals surface area (Å²) in [6.45, 7) is 2.49. The Bertz CT molecular complexity index is 1330. The molecule has 0 saturated heterocycles. The summed E-state index contributed by atoms with van der Waals surface area (Å²) in [5, 5.41) is 5.09. The number of rotatable bonds is 4. The molecule has 0 amide bonds. The van der Waals surface area contributed by atoms with Crippen molar-refractivity contribution >= 4 is 50.9 Å². The minimum absolute atomic E-state index is 0. The molecule has 2 aliphatic heterocycles. The number of halogens is 1. The fraction of sp³-hybridized carbons (Fsp3) is 0.207. The van der Waals surface area contributed by atoms with Crippen molar-refractivity contribution in [2.45, 2.75) is 0 Å². The molecule has 0 fully saturated rings. The summed E-state index contributed by atoms with van der Waals surface area (Å²) in [5.41, 5.74) is 5.06. The van der Waals surface area contributed by atoms with Crippen molar-refractivity contribution in [3.8, 4) is 11.1 Å². The van der Waals surface area contributed by atoms with Gasteiger partial charge in [0.15, 0.2) is 0 Å². The Morgan fingerprint density at radius 1 is 0.757 bits per heavy atom. The molecule has 2 aliphatic rings. The molecule has 4 aromatic rings. The van der Waals surface area contributed by atoms with Gasteiger partial charge < -0.3 is 17.2 Å². The van der Waals surface area contributed by atoms with Crippen LogP contribution in [0.15, 0.2) is 85.2 Å². The van der Waals surface area contributed by atoms with Gasteiger partial charge in [0.25, 0.3) is 0 Å². The van der Waals surface area contributed by atoms with Gasteiger partial charge in [-0.25, -0.2) is 9.34 Å². The topological polar surface area (TPSA) is 22.2 Å². The van der Waals surface area contributed by atoms with Gasteiger partial charge in [-0.2, -0.15) is 4.52 Å². The van der Waals surface area contributed by atoms with Gasteiger partial charge in [0.1, 0.15) is 6.61 Å². The fourth-order valence-corrected chi connectivity index (χ4v) is 7.11. The van der Waals surface area contributed by atoms with E-state index in [1.165, 1.54) is 44.0 Å². The van der Waals surface area contributed by atoms with Crippen LogP contribution in [-0.4, -0.2) is 50.8 Å². The molecule has 0 bridgehead atoms. The first kappa shape index (κ1) is 27.7. The van der Waals surface area contributed by atoms with Crippen LogP contribution in [0.3, 0.4) is 0 Å². The van der Waals surface area contributed by atoms with E-state index in [0.717, 1.165) is 13.2 Å². The SMILES string of the molecule is CN1C=CN(CCO[PH+]2N(C)c3ccc4ccccc4c3-c3c(ccc4ccccc34)N2C)C1.[CH3-].[Cl][Pd+]. The van der Waals surface area contributed by atoms with Crippen molar-refractivity contribution < 1.29 is 22.7 Å². The molecule has 196 valence electrons. The van der Waals surface area contributed by atoms with Gasteiger partial charge in [0.05, 0.1) is 18.0 Å². The third-order valence-corrected chi connectivity index (χ3v) is 9.00. The fourth-order valence-electron chi connectivity index (χ4n) is 5.22. The Labute approximate surface area is 236 Å². The predicted octanol–water partition coefficient (Wildman–Crippen LogP) is 7.34. The zero-order valence-electron chi connectivity index (χ0n) is 21.6. The summed E-state index contributed by atoms with van der Waals surface area (Å²) in [6, 6.07) is 26.5. The molecule has 0 aliphatic carbocycles. The van der Waals surface area contributed by atoms with Gasteiger partial charge in [-0.15, -0.1) is 0 Å². The van der Waals surface area contributed by atoms with Gasteiger partial charge in [0.2, 0.25) is 0 Å². The Kier molecular flexibility index (Phi) is 9.01. The average molecular weight is 626 g/mol. The van der Waals surface area contributed by atoms with Crippen LogP contribution in [0.2, 0.25) is 0 Å². The third-order valence-electron chi connectivity index (χ3n) is 6.91. The number of anilines is 2. The van der Waals surface area contributed by atoms with E-state index < -0.39 is 8.45 Å². The number of benzene rings is 4. The van der Waals surface area contributed by atoms with E-state index in [1.54, 1.807) is 0 Å². The van der Waals surface area contributed by atoms with Crippen LogP contribution >= 0.6 is 18.0 Å². The van der Waals surface area contributed by atoms with E-state index in [2.05, 4.69) is 153 Å². The second kappa shape index (κ2) is 12.0. The molecule has 2 heterocycles. The Morgan fingerprint density at radius 3 is 1.76 bits per heavy atom. The number of fused-ring (bicyclic) bond motifs is 7. The molecule has 0 radical (unpaired) electrons. The van der Waals surface area contributed by atoms with Crippen molar-refractivity contribution in [1.29, 1.82) is 0 Å². The molecule has 0 saturated carbocycles. The second-order valence-electron chi connectivity index (χ2n) is 9.12. The molecule has 0 N–H and O–H groups in total. The van der Waals surface area contributed by atoms with Gasteiger partial charge in [-0.3, -0.25) is 0 Å². The van der Waals surface area contributed by atoms with Gasteiger partial charge in [0, 0.05) is 51.2 Å². The standard InChI is InChI=1S/C28H29N4OP.CH3.ClH.Pd/c1-29-16-17-32(20-29)18-19-33-34-30(2)25-14-12-21-8-4-6-10-23(21)27(25)28-24-11-7-5-9-22(24)13-15-26(28)31(34)3;;;/h4-17H,18-20H2,1-3H3;1H3;1H;/q;-1;;+2. The Hall–Kier alpha value is -2.32. The molecule has 4 aromatic carbocycles. The molecule has 8 heteroatoms. The Balaban J connectivity index is 0.00000104. The normalized spacial score (nSPS) is 14.8. The van der Waals surface area contributed by atoms with Gasteiger partial charge >= 0.3 is 36.2 Å². The predicted molar refractivity (Wildman–Crippen MR) is 159 cm³/mol. The quantitative estimate of drug-likeness (QED) is 0.134. The van der Waals surface area contributed by atoms with E-state index >= 15 is 0 Å². The summed E-state index contributed by atoms with van der Waals surface area (Å²) in [4.78, 5) is 4.48. The van der Waals surface area contributed by atoms with Crippen LogP contribution < -0.4 is 9.34 Å². The van der Waals surface area contributed by atoms with Crippen LogP contribution in [0, 0.1) is 7.43 Å². The van der Waals surface area contributed by atoms with Crippen LogP contribution in [0.25, 0.3) is 32.7 Å². The maximum atomic E-state index is 6.68. The number of nitrogens with zero attached hydrogens (tertiary/aromatic N) is 4. The van der Waals surface area contributed by atoms with Crippen molar-refractivity contribution in [3.63, 3.8) is 0 Å². The maximum absolute atomic E-state index is 6.68. The van der Waals surface area contributed by atoms with Crippen LogP contribution in [0.4, 0.5) is 11.4 Å². The van der Waals surface area contributed by atoms with Crippen molar-refractivity contribution in [1.82, 2.24) is 9.80 Å². The van der Waals surface area contributed by atoms with E-state index in [9.17, 15) is 0 Å². The van der Waals surface area contributed by atoms with E-state index in [0.29, 0.717) is 6.61 Å². The summed E-state index contributed by atoms with van der Waals surface area (Å²) < 4.78 is 11.4. The molecule has 0 aromatic heterocycles. The zero-order valence-corrected chi connectivity index (χ0v) is 24.9. The van der Waals surface area contributed by atoms with Crippen LogP contribution in [0.1, 0.15) is 0 Å². The molecule has 37 heavy (non-hydrogen) atoms. The first-order chi connectivity index (χ1) is 17.6. The second-order valence-corrected chi connectivity index (χ2v) is 11.3. The van der Waals surface area contributed by atoms with Gasteiger partial charge in [-0.1, -0.05) is 60.7 Å². The molecule has 5 nitrogen and oxygen atoms in total. The Morgan fingerprint density at radius 2 is 1.27 bits per heavy atom. The van der Waals surface area contributed by atoms with Crippen molar-refractivity contribution in [3.05, 3.63) is 92.6 Å². The van der Waals surface area contributed by atoms with Gasteiger partial charge in [-0.05, 0) is 33.7 Å². The van der Waals surface area contributed by atoms with E-state index in [4.69, 9.17) is 4.52 Å². The van der Waals surface area contributed by atoms with E-state index in [1.807, 2.05) is 0 Å². The summed E-state index contributed by atoms with van der Waals surface area (Å²) in [6.07, 6.45) is 4.26. The summed E-state index contributed by atoms with van der Waals surface area (Å²) in [7, 11) is 9.47. The van der Waals surface area contributed by atoms with Crippen molar-refractivity contribution in [2.75, 3.05) is 50.3 Å². The van der Waals surface area contributed by atoms with Crippen LogP contribution in [0.5, 0.6) is 0 Å². The molecular formula is C29H33ClN4OPPd+. The molecule has 0 spiro atoms. The first-order valence-corrected chi connectivity index (χ1v) is 15.2.